The monoisotopic (exact) mass is 314 g/mol. The molecule has 0 saturated heterocycles. The molecule has 1 atom stereocenters. The Morgan fingerprint density at radius 2 is 2.13 bits per heavy atom. The van der Waals surface area contributed by atoms with Gasteiger partial charge in [-0.2, -0.15) is 0 Å². The van der Waals surface area contributed by atoms with Crippen molar-refractivity contribution < 1.29 is 9.53 Å². The minimum Gasteiger partial charge on any atom is -0.384 e. The van der Waals surface area contributed by atoms with Gasteiger partial charge in [-0.25, -0.2) is 4.98 Å². The molecule has 0 saturated carbocycles. The highest BCUT2D eigenvalue weighted by molar-refractivity contribution is 5.94. The van der Waals surface area contributed by atoms with Gasteiger partial charge in [0.25, 0.3) is 5.91 Å². The van der Waals surface area contributed by atoms with Gasteiger partial charge in [0.05, 0.1) is 18.2 Å². The van der Waals surface area contributed by atoms with Gasteiger partial charge in [-0.15, -0.1) is 0 Å². The standard InChI is InChI=1S/C17H22N4O2/c1-12-4-5-14(10-18-12)17(22)20-7-8-21-15(6-9-23-3)11-19-16(21)13(20)2/h4-5,10-11,13H,6-9H2,1-3H3. The second kappa shape index (κ2) is 6.50. The van der Waals surface area contributed by atoms with Crippen molar-refractivity contribution in [2.24, 2.45) is 0 Å². The molecular formula is C17H22N4O2. The number of imidazole rings is 1. The van der Waals surface area contributed by atoms with Crippen molar-refractivity contribution in [3.05, 3.63) is 47.3 Å². The van der Waals surface area contributed by atoms with Crippen LogP contribution in [0.2, 0.25) is 0 Å². The van der Waals surface area contributed by atoms with E-state index in [2.05, 4.69) is 14.5 Å². The number of aromatic nitrogens is 3. The second-order valence-electron chi connectivity index (χ2n) is 5.86. The lowest BCUT2D eigenvalue weighted by Crippen LogP contribution is -2.41. The number of nitrogens with zero attached hydrogens (tertiary/aromatic N) is 4. The molecule has 0 fully saturated rings. The van der Waals surface area contributed by atoms with E-state index in [4.69, 9.17) is 4.74 Å². The van der Waals surface area contributed by atoms with Gasteiger partial charge in [-0.1, -0.05) is 0 Å². The van der Waals surface area contributed by atoms with Gasteiger partial charge in [0, 0.05) is 50.4 Å². The average molecular weight is 314 g/mol. The zero-order valence-corrected chi connectivity index (χ0v) is 13.8. The fraction of sp³-hybridized carbons (Fsp3) is 0.471. The molecule has 1 amide bonds. The second-order valence-corrected chi connectivity index (χ2v) is 5.86. The number of hydrogen-bond acceptors (Lipinski definition) is 4. The molecule has 122 valence electrons. The van der Waals surface area contributed by atoms with Crippen LogP contribution in [0, 0.1) is 6.92 Å². The molecule has 0 bridgehead atoms. The van der Waals surface area contributed by atoms with Crippen LogP contribution in [0.3, 0.4) is 0 Å². The van der Waals surface area contributed by atoms with Crippen LogP contribution in [-0.4, -0.2) is 45.6 Å². The predicted molar refractivity (Wildman–Crippen MR) is 86.2 cm³/mol. The van der Waals surface area contributed by atoms with E-state index >= 15 is 0 Å². The summed E-state index contributed by atoms with van der Waals surface area (Å²) >= 11 is 0. The van der Waals surface area contributed by atoms with Crippen molar-refractivity contribution in [3.8, 4) is 0 Å². The van der Waals surface area contributed by atoms with E-state index in [1.807, 2.05) is 37.1 Å². The van der Waals surface area contributed by atoms with Crippen molar-refractivity contribution in [2.75, 3.05) is 20.3 Å². The molecule has 2 aromatic heterocycles. The Labute approximate surface area is 136 Å². The van der Waals surface area contributed by atoms with Gasteiger partial charge < -0.3 is 14.2 Å². The summed E-state index contributed by atoms with van der Waals surface area (Å²) in [5.74, 6) is 0.952. The number of methoxy groups -OCH3 is 1. The summed E-state index contributed by atoms with van der Waals surface area (Å²) in [6.07, 6.45) is 4.38. The van der Waals surface area contributed by atoms with Crippen molar-refractivity contribution in [3.63, 3.8) is 0 Å². The normalized spacial score (nSPS) is 17.2. The largest absolute Gasteiger partial charge is 0.384 e. The fourth-order valence-electron chi connectivity index (χ4n) is 3.00. The minimum atomic E-state index is -0.0474. The first-order valence-electron chi connectivity index (χ1n) is 7.88. The van der Waals surface area contributed by atoms with Crippen molar-refractivity contribution in [1.82, 2.24) is 19.4 Å². The van der Waals surface area contributed by atoms with Crippen molar-refractivity contribution in [2.45, 2.75) is 32.9 Å². The van der Waals surface area contributed by atoms with E-state index in [0.29, 0.717) is 18.7 Å². The molecule has 0 spiro atoms. The molecule has 3 heterocycles. The summed E-state index contributed by atoms with van der Waals surface area (Å²) in [5, 5.41) is 0. The third-order valence-electron chi connectivity index (χ3n) is 4.36. The van der Waals surface area contributed by atoms with Crippen LogP contribution in [0.4, 0.5) is 0 Å². The van der Waals surface area contributed by atoms with Crippen LogP contribution in [0.5, 0.6) is 0 Å². The van der Waals surface area contributed by atoms with Crippen LogP contribution in [0.15, 0.2) is 24.5 Å². The molecule has 2 aromatic rings. The Morgan fingerprint density at radius 1 is 1.30 bits per heavy atom. The molecule has 0 N–H and O–H groups in total. The zero-order valence-electron chi connectivity index (χ0n) is 13.8. The molecule has 1 unspecified atom stereocenters. The van der Waals surface area contributed by atoms with E-state index in [9.17, 15) is 4.79 Å². The van der Waals surface area contributed by atoms with Gasteiger partial charge in [-0.3, -0.25) is 9.78 Å². The topological polar surface area (TPSA) is 60.2 Å². The lowest BCUT2D eigenvalue weighted by molar-refractivity contribution is 0.0635. The zero-order chi connectivity index (χ0) is 16.4. The third kappa shape index (κ3) is 2.99. The Hall–Kier alpha value is -2.21. The number of amides is 1. The van der Waals surface area contributed by atoms with E-state index < -0.39 is 0 Å². The molecule has 6 heteroatoms. The first-order chi connectivity index (χ1) is 11.1. The highest BCUT2D eigenvalue weighted by atomic mass is 16.5. The highest BCUT2D eigenvalue weighted by Crippen LogP contribution is 2.27. The number of rotatable bonds is 4. The van der Waals surface area contributed by atoms with Crippen LogP contribution >= 0.6 is 0 Å². The number of ether oxygens (including phenoxy) is 1. The Bertz CT molecular complexity index is 693. The number of carbonyl (C=O) groups excluding carboxylic acids is 1. The first kappa shape index (κ1) is 15.7. The summed E-state index contributed by atoms with van der Waals surface area (Å²) < 4.78 is 7.36. The van der Waals surface area contributed by atoms with Gasteiger partial charge in [0.1, 0.15) is 5.82 Å². The summed E-state index contributed by atoms with van der Waals surface area (Å²) in [4.78, 5) is 23.4. The number of pyridine rings is 1. The van der Waals surface area contributed by atoms with Gasteiger partial charge in [0.2, 0.25) is 0 Å². The molecule has 0 radical (unpaired) electrons. The maximum atomic E-state index is 12.7. The van der Waals surface area contributed by atoms with Crippen molar-refractivity contribution in [1.29, 1.82) is 0 Å². The smallest absolute Gasteiger partial charge is 0.256 e. The average Bonchev–Trinajstić information content (AvgIpc) is 2.97. The highest BCUT2D eigenvalue weighted by Gasteiger charge is 2.30. The summed E-state index contributed by atoms with van der Waals surface area (Å²) in [5.41, 5.74) is 2.70. The lowest BCUT2D eigenvalue weighted by atomic mass is 10.1. The summed E-state index contributed by atoms with van der Waals surface area (Å²) in [6, 6.07) is 3.66. The minimum absolute atomic E-state index is 0.0118. The van der Waals surface area contributed by atoms with Gasteiger partial charge in [-0.05, 0) is 26.0 Å². The number of hydrogen-bond donors (Lipinski definition) is 0. The maximum absolute atomic E-state index is 12.7. The SMILES string of the molecule is COCCc1cnc2n1CCN(C(=O)c1ccc(C)nc1)C2C. The van der Waals surface area contributed by atoms with Crippen LogP contribution in [-0.2, 0) is 17.7 Å². The Morgan fingerprint density at radius 3 is 2.83 bits per heavy atom. The molecule has 1 aliphatic heterocycles. The summed E-state index contributed by atoms with van der Waals surface area (Å²) in [7, 11) is 1.70. The van der Waals surface area contributed by atoms with Crippen LogP contribution in [0.1, 0.15) is 40.5 Å². The first-order valence-corrected chi connectivity index (χ1v) is 7.88. The van der Waals surface area contributed by atoms with E-state index in [1.165, 1.54) is 0 Å². The number of carbonyl (C=O) groups is 1. The Balaban J connectivity index is 1.80. The lowest BCUT2D eigenvalue weighted by Gasteiger charge is -2.34. The predicted octanol–water partition coefficient (Wildman–Crippen LogP) is 1.99. The van der Waals surface area contributed by atoms with Gasteiger partial charge in [0.15, 0.2) is 0 Å². The molecule has 23 heavy (non-hydrogen) atoms. The van der Waals surface area contributed by atoms with Crippen LogP contribution in [0.25, 0.3) is 0 Å². The van der Waals surface area contributed by atoms with E-state index in [0.717, 1.165) is 30.2 Å². The summed E-state index contributed by atoms with van der Waals surface area (Å²) in [6.45, 7) is 6.06. The van der Waals surface area contributed by atoms with Gasteiger partial charge >= 0.3 is 0 Å². The molecule has 0 aliphatic carbocycles. The maximum Gasteiger partial charge on any atom is 0.256 e. The Kier molecular flexibility index (Phi) is 4.43. The number of fused-ring (bicyclic) bond motifs is 1. The third-order valence-corrected chi connectivity index (χ3v) is 4.36. The van der Waals surface area contributed by atoms with Crippen molar-refractivity contribution >= 4 is 5.91 Å². The fourth-order valence-corrected chi connectivity index (χ4v) is 3.00. The van der Waals surface area contributed by atoms with E-state index in [-0.39, 0.29) is 11.9 Å². The van der Waals surface area contributed by atoms with E-state index in [1.54, 1.807) is 13.3 Å². The molecule has 0 aromatic carbocycles. The number of aryl methyl sites for hydroxylation is 1. The molecule has 6 nitrogen and oxygen atoms in total. The molecular weight excluding hydrogens is 292 g/mol. The molecule has 3 rings (SSSR count). The quantitative estimate of drug-likeness (QED) is 0.866. The van der Waals surface area contributed by atoms with Crippen LogP contribution < -0.4 is 0 Å². The molecule has 1 aliphatic rings.